The number of hydrogen-bond donors (Lipinski definition) is 0. The minimum absolute atomic E-state index is 0.289. The van der Waals surface area contributed by atoms with Crippen LogP contribution < -0.4 is 0 Å². The van der Waals surface area contributed by atoms with Gasteiger partial charge in [-0.3, -0.25) is 4.79 Å². The molecule has 2 aromatic rings. The zero-order valence-corrected chi connectivity index (χ0v) is 12.4. The van der Waals surface area contributed by atoms with Crippen LogP contribution in [-0.4, -0.2) is 5.78 Å². The average molecular weight is 268 g/mol. The van der Waals surface area contributed by atoms with Crippen LogP contribution in [0.3, 0.4) is 0 Å². The quantitative estimate of drug-likeness (QED) is 0.438. The van der Waals surface area contributed by atoms with E-state index >= 15 is 0 Å². The summed E-state index contributed by atoms with van der Waals surface area (Å²) in [5.74, 6) is 0.289. The lowest BCUT2D eigenvalue weighted by Gasteiger charge is -2.06. The Labute approximate surface area is 122 Å². The summed E-state index contributed by atoms with van der Waals surface area (Å²) in [6.45, 7) is 2.23. The van der Waals surface area contributed by atoms with E-state index < -0.39 is 0 Å². The second-order valence-electron chi connectivity index (χ2n) is 5.47. The highest BCUT2D eigenvalue weighted by Crippen LogP contribution is 2.20. The van der Waals surface area contributed by atoms with E-state index in [1.807, 2.05) is 30.3 Å². The van der Waals surface area contributed by atoms with Crippen molar-refractivity contribution < 1.29 is 4.79 Å². The van der Waals surface area contributed by atoms with Crippen molar-refractivity contribution in [1.29, 1.82) is 0 Å². The van der Waals surface area contributed by atoms with Crippen LogP contribution >= 0.6 is 0 Å². The van der Waals surface area contributed by atoms with E-state index in [4.69, 9.17) is 0 Å². The Hall–Kier alpha value is -1.63. The van der Waals surface area contributed by atoms with Crippen LogP contribution in [-0.2, 0) is 0 Å². The van der Waals surface area contributed by atoms with Crippen LogP contribution in [0.15, 0.2) is 42.5 Å². The molecule has 2 rings (SSSR count). The molecule has 0 fully saturated rings. The summed E-state index contributed by atoms with van der Waals surface area (Å²) in [5.41, 5.74) is 0.886. The van der Waals surface area contributed by atoms with Crippen LogP contribution in [0.5, 0.6) is 0 Å². The van der Waals surface area contributed by atoms with Crippen LogP contribution in [0.2, 0.25) is 0 Å². The molecule has 0 radical (unpaired) electrons. The van der Waals surface area contributed by atoms with Crippen LogP contribution in [0.4, 0.5) is 0 Å². The Bertz CT molecular complexity index is 551. The largest absolute Gasteiger partial charge is 0.294 e. The number of fused-ring (bicyclic) bond motifs is 1. The Balaban J connectivity index is 1.91. The van der Waals surface area contributed by atoms with Gasteiger partial charge in [-0.25, -0.2) is 0 Å². The fourth-order valence-corrected chi connectivity index (χ4v) is 2.67. The van der Waals surface area contributed by atoms with Gasteiger partial charge in [0.1, 0.15) is 0 Å². The highest BCUT2D eigenvalue weighted by atomic mass is 16.1. The van der Waals surface area contributed by atoms with Crippen molar-refractivity contribution in [3.05, 3.63) is 48.0 Å². The molecule has 0 aliphatic carbocycles. The van der Waals surface area contributed by atoms with E-state index in [1.54, 1.807) is 0 Å². The van der Waals surface area contributed by atoms with Gasteiger partial charge in [0, 0.05) is 12.0 Å². The first-order valence-corrected chi connectivity index (χ1v) is 7.84. The predicted octanol–water partition coefficient (Wildman–Crippen LogP) is 5.77. The Morgan fingerprint density at radius 1 is 0.850 bits per heavy atom. The fourth-order valence-electron chi connectivity index (χ4n) is 2.67. The number of Topliss-reactive ketones (excluding diaryl/α,β-unsaturated/α-hetero) is 1. The molecule has 0 N–H and O–H groups in total. The first-order chi connectivity index (χ1) is 9.83. The van der Waals surface area contributed by atoms with E-state index in [-0.39, 0.29) is 5.78 Å². The van der Waals surface area contributed by atoms with Crippen molar-refractivity contribution in [2.24, 2.45) is 0 Å². The van der Waals surface area contributed by atoms with Crippen LogP contribution in [0, 0.1) is 0 Å². The van der Waals surface area contributed by atoms with E-state index in [9.17, 15) is 4.79 Å². The van der Waals surface area contributed by atoms with Crippen molar-refractivity contribution in [1.82, 2.24) is 0 Å². The molecule has 1 nitrogen and oxygen atoms in total. The summed E-state index contributed by atoms with van der Waals surface area (Å²) in [5, 5.41) is 2.24. The molecule has 0 atom stereocenters. The summed E-state index contributed by atoms with van der Waals surface area (Å²) in [7, 11) is 0. The fraction of sp³-hybridized carbons (Fsp3) is 0.421. The van der Waals surface area contributed by atoms with Crippen LogP contribution in [0.25, 0.3) is 10.8 Å². The van der Waals surface area contributed by atoms with Crippen molar-refractivity contribution in [2.45, 2.75) is 51.9 Å². The van der Waals surface area contributed by atoms with E-state index in [1.165, 1.54) is 32.1 Å². The summed E-state index contributed by atoms with van der Waals surface area (Å²) in [6, 6.07) is 14.1. The first kappa shape index (κ1) is 14.8. The number of rotatable bonds is 8. The molecule has 0 saturated carbocycles. The molecule has 0 aromatic heterocycles. The normalized spacial score (nSPS) is 10.8. The maximum atomic E-state index is 12.3. The van der Waals surface area contributed by atoms with Crippen LogP contribution in [0.1, 0.15) is 62.2 Å². The second-order valence-corrected chi connectivity index (χ2v) is 5.47. The van der Waals surface area contributed by atoms with Gasteiger partial charge in [0.25, 0.3) is 0 Å². The highest BCUT2D eigenvalue weighted by Gasteiger charge is 2.08. The summed E-state index contributed by atoms with van der Waals surface area (Å²) < 4.78 is 0. The zero-order chi connectivity index (χ0) is 14.2. The number of unbranched alkanes of at least 4 members (excludes halogenated alkanes) is 5. The number of carbonyl (C=O) groups excluding carboxylic acids is 1. The van der Waals surface area contributed by atoms with Gasteiger partial charge in [0.2, 0.25) is 0 Å². The van der Waals surface area contributed by atoms with Gasteiger partial charge in [0.15, 0.2) is 5.78 Å². The van der Waals surface area contributed by atoms with Gasteiger partial charge in [0.05, 0.1) is 0 Å². The van der Waals surface area contributed by atoms with Crippen molar-refractivity contribution in [2.75, 3.05) is 0 Å². The van der Waals surface area contributed by atoms with Gasteiger partial charge < -0.3 is 0 Å². The molecule has 20 heavy (non-hydrogen) atoms. The van der Waals surface area contributed by atoms with Crippen molar-refractivity contribution >= 4 is 16.6 Å². The first-order valence-electron chi connectivity index (χ1n) is 7.84. The Morgan fingerprint density at radius 2 is 1.55 bits per heavy atom. The molecular weight excluding hydrogens is 244 g/mol. The van der Waals surface area contributed by atoms with E-state index in [0.717, 1.165) is 22.8 Å². The van der Waals surface area contributed by atoms with Crippen molar-refractivity contribution in [3.8, 4) is 0 Å². The molecule has 106 valence electrons. The van der Waals surface area contributed by atoms with Gasteiger partial charge in [-0.2, -0.15) is 0 Å². The highest BCUT2D eigenvalue weighted by molar-refractivity contribution is 6.08. The standard InChI is InChI=1S/C19H24O/c1-2-3-4-5-6-7-15-19(20)18-14-10-12-16-11-8-9-13-17(16)18/h8-14H,2-7,15H2,1H3. The minimum Gasteiger partial charge on any atom is -0.294 e. The number of hydrogen-bond acceptors (Lipinski definition) is 1. The Morgan fingerprint density at radius 3 is 2.40 bits per heavy atom. The SMILES string of the molecule is CCCCCCCCC(=O)c1cccc2ccccc12. The predicted molar refractivity (Wildman–Crippen MR) is 86.3 cm³/mol. The molecule has 2 aromatic carbocycles. The molecule has 0 aliphatic rings. The lowest BCUT2D eigenvalue weighted by molar-refractivity contribution is 0.0980. The monoisotopic (exact) mass is 268 g/mol. The van der Waals surface area contributed by atoms with Gasteiger partial charge in [-0.1, -0.05) is 81.5 Å². The maximum Gasteiger partial charge on any atom is 0.163 e. The topological polar surface area (TPSA) is 17.1 Å². The van der Waals surface area contributed by atoms with E-state index in [0.29, 0.717) is 6.42 Å². The van der Waals surface area contributed by atoms with Gasteiger partial charge >= 0.3 is 0 Å². The average Bonchev–Trinajstić information content (AvgIpc) is 2.50. The van der Waals surface area contributed by atoms with E-state index in [2.05, 4.69) is 19.1 Å². The Kier molecular flexibility index (Phi) is 5.79. The lowest BCUT2D eigenvalue weighted by Crippen LogP contribution is -2.00. The summed E-state index contributed by atoms with van der Waals surface area (Å²) in [4.78, 5) is 12.3. The third-order valence-corrected chi connectivity index (χ3v) is 3.85. The summed E-state index contributed by atoms with van der Waals surface area (Å²) >= 11 is 0. The number of ketones is 1. The number of carbonyl (C=O) groups is 1. The molecule has 0 heterocycles. The molecular formula is C19H24O. The molecule has 0 aliphatic heterocycles. The van der Waals surface area contributed by atoms with Gasteiger partial charge in [-0.05, 0) is 17.2 Å². The summed E-state index contributed by atoms with van der Waals surface area (Å²) in [6.07, 6.45) is 8.03. The molecule has 0 unspecified atom stereocenters. The third-order valence-electron chi connectivity index (χ3n) is 3.85. The lowest BCUT2D eigenvalue weighted by atomic mass is 9.98. The molecule has 0 saturated heterocycles. The van der Waals surface area contributed by atoms with Crippen molar-refractivity contribution in [3.63, 3.8) is 0 Å². The smallest absolute Gasteiger partial charge is 0.163 e. The second kappa shape index (κ2) is 7.84. The number of benzene rings is 2. The zero-order valence-electron chi connectivity index (χ0n) is 12.4. The molecule has 0 bridgehead atoms. The minimum atomic E-state index is 0.289. The van der Waals surface area contributed by atoms with Gasteiger partial charge in [-0.15, -0.1) is 0 Å². The molecule has 1 heteroatoms. The molecule has 0 amide bonds. The third kappa shape index (κ3) is 3.93. The maximum absolute atomic E-state index is 12.3. The molecule has 0 spiro atoms.